The van der Waals surface area contributed by atoms with Crippen LogP contribution in [0.25, 0.3) is 10.8 Å². The van der Waals surface area contributed by atoms with Gasteiger partial charge in [0.25, 0.3) is 0 Å². The van der Waals surface area contributed by atoms with E-state index in [1.807, 2.05) is 49.4 Å². The molecule has 94 valence electrons. The molecule has 0 bridgehead atoms. The average Bonchev–Trinajstić information content (AvgIpc) is 2.77. The predicted molar refractivity (Wildman–Crippen MR) is 84.1 cm³/mol. The van der Waals surface area contributed by atoms with Gasteiger partial charge >= 0.3 is 0 Å². The molecule has 0 unspecified atom stereocenters. The van der Waals surface area contributed by atoms with Gasteiger partial charge in [0.1, 0.15) is 0 Å². The summed E-state index contributed by atoms with van der Waals surface area (Å²) >= 11 is 4.98. The van der Waals surface area contributed by atoms with Gasteiger partial charge in [-0.25, -0.2) is 0 Å². The molecule has 0 fully saturated rings. The number of carbonyl (C=O) groups excluding carboxylic acids is 1. The first-order chi connectivity index (χ1) is 9.15. The number of fused-ring (bicyclic) bond motifs is 1. The van der Waals surface area contributed by atoms with Crippen molar-refractivity contribution in [2.24, 2.45) is 0 Å². The fourth-order valence-electron chi connectivity index (χ4n) is 2.04. The molecule has 1 aromatic heterocycles. The monoisotopic (exact) mass is 330 g/mol. The Morgan fingerprint density at radius 3 is 2.47 bits per heavy atom. The molecule has 0 N–H and O–H groups in total. The number of rotatable bonds is 2. The number of thiophene rings is 1. The number of aryl methyl sites for hydroxylation is 1. The van der Waals surface area contributed by atoms with E-state index in [-0.39, 0.29) is 5.78 Å². The third-order valence-corrected chi connectivity index (χ3v) is 5.23. The minimum absolute atomic E-state index is 0.0875. The zero-order valence-corrected chi connectivity index (χ0v) is 12.7. The largest absolute Gasteiger partial charge is 0.288 e. The highest BCUT2D eigenvalue weighted by Gasteiger charge is 2.13. The molecule has 1 nitrogen and oxygen atoms in total. The Morgan fingerprint density at radius 2 is 1.79 bits per heavy atom. The number of hydrogen-bond acceptors (Lipinski definition) is 2. The van der Waals surface area contributed by atoms with Crippen molar-refractivity contribution >= 4 is 43.8 Å². The molecule has 0 aliphatic heterocycles. The fourth-order valence-corrected chi connectivity index (χ4v) is 3.54. The second-order valence-corrected chi connectivity index (χ2v) is 6.52. The lowest BCUT2D eigenvalue weighted by atomic mass is 10.0. The van der Waals surface area contributed by atoms with E-state index >= 15 is 0 Å². The first kappa shape index (κ1) is 12.6. The quantitative estimate of drug-likeness (QED) is 0.590. The van der Waals surface area contributed by atoms with Crippen LogP contribution in [0.2, 0.25) is 0 Å². The molecule has 0 atom stereocenters. The summed E-state index contributed by atoms with van der Waals surface area (Å²) in [5.74, 6) is 0.0875. The molecule has 19 heavy (non-hydrogen) atoms. The van der Waals surface area contributed by atoms with E-state index in [9.17, 15) is 4.79 Å². The molecule has 1 heterocycles. The van der Waals surface area contributed by atoms with Crippen LogP contribution in [0.15, 0.2) is 53.0 Å². The van der Waals surface area contributed by atoms with Gasteiger partial charge < -0.3 is 0 Å². The van der Waals surface area contributed by atoms with Crippen LogP contribution in [0.5, 0.6) is 0 Å². The lowest BCUT2D eigenvalue weighted by Crippen LogP contribution is -1.98. The number of benzene rings is 2. The third kappa shape index (κ3) is 2.36. The Morgan fingerprint density at radius 1 is 1.05 bits per heavy atom. The highest BCUT2D eigenvalue weighted by molar-refractivity contribution is 9.10. The summed E-state index contributed by atoms with van der Waals surface area (Å²) in [6, 6.07) is 15.8. The average molecular weight is 331 g/mol. The molecule has 0 radical (unpaired) electrons. The highest BCUT2D eigenvalue weighted by Crippen LogP contribution is 2.28. The molecule has 3 aromatic rings. The molecule has 0 amide bonds. The molecule has 0 aliphatic rings. The van der Waals surface area contributed by atoms with Gasteiger partial charge in [-0.3, -0.25) is 4.79 Å². The Labute approximate surface area is 124 Å². The van der Waals surface area contributed by atoms with E-state index in [1.165, 1.54) is 11.3 Å². The molecular weight excluding hydrogens is 320 g/mol. The van der Waals surface area contributed by atoms with Crippen molar-refractivity contribution in [2.75, 3.05) is 0 Å². The van der Waals surface area contributed by atoms with Gasteiger partial charge in [0, 0.05) is 14.9 Å². The van der Waals surface area contributed by atoms with E-state index < -0.39 is 0 Å². The summed E-state index contributed by atoms with van der Waals surface area (Å²) in [5, 5.41) is 2.25. The van der Waals surface area contributed by atoms with Crippen LogP contribution < -0.4 is 0 Å². The van der Waals surface area contributed by atoms with Crippen LogP contribution in [0, 0.1) is 6.92 Å². The first-order valence-electron chi connectivity index (χ1n) is 5.94. The second-order valence-electron chi connectivity index (χ2n) is 4.41. The van der Waals surface area contributed by atoms with Gasteiger partial charge in [0.15, 0.2) is 0 Å². The molecule has 3 rings (SSSR count). The van der Waals surface area contributed by atoms with E-state index in [0.29, 0.717) is 0 Å². The van der Waals surface area contributed by atoms with Crippen LogP contribution in [0.1, 0.15) is 20.1 Å². The molecule has 2 aromatic carbocycles. The van der Waals surface area contributed by atoms with Crippen LogP contribution in [-0.2, 0) is 0 Å². The summed E-state index contributed by atoms with van der Waals surface area (Å²) in [6.07, 6.45) is 0. The molecule has 3 heteroatoms. The van der Waals surface area contributed by atoms with Crippen molar-refractivity contribution < 1.29 is 4.79 Å². The Kier molecular flexibility index (Phi) is 3.25. The molecular formula is C16H11BrOS. The zero-order valence-electron chi connectivity index (χ0n) is 10.3. The van der Waals surface area contributed by atoms with Crippen LogP contribution in [0.4, 0.5) is 0 Å². The number of ketones is 1. The fraction of sp³-hybridized carbons (Fsp3) is 0.0625. The number of halogens is 1. The maximum Gasteiger partial charge on any atom is 0.203 e. The van der Waals surface area contributed by atoms with Gasteiger partial charge in [0.2, 0.25) is 5.78 Å². The summed E-state index contributed by atoms with van der Waals surface area (Å²) in [5.41, 5.74) is 0.743. The zero-order chi connectivity index (χ0) is 13.4. The minimum atomic E-state index is 0.0875. The number of carbonyl (C=O) groups is 1. The van der Waals surface area contributed by atoms with E-state index in [1.54, 1.807) is 0 Å². The lowest BCUT2D eigenvalue weighted by Gasteiger charge is -2.01. The molecule has 0 spiro atoms. The SMILES string of the molecule is Cc1sc(C(=O)c2ccc3ccccc3c2)cc1Br. The topological polar surface area (TPSA) is 17.1 Å². The van der Waals surface area contributed by atoms with Gasteiger partial charge in [-0.15, -0.1) is 11.3 Å². The highest BCUT2D eigenvalue weighted by atomic mass is 79.9. The molecule has 0 saturated heterocycles. The molecule has 0 aliphatic carbocycles. The normalized spacial score (nSPS) is 10.8. The van der Waals surface area contributed by atoms with Gasteiger partial charge in [-0.1, -0.05) is 36.4 Å². The summed E-state index contributed by atoms with van der Waals surface area (Å²) in [4.78, 5) is 14.4. The molecule has 0 saturated carbocycles. The first-order valence-corrected chi connectivity index (χ1v) is 7.55. The van der Waals surface area contributed by atoms with Crippen molar-refractivity contribution in [3.63, 3.8) is 0 Å². The maximum absolute atomic E-state index is 12.4. The Balaban J connectivity index is 2.06. The predicted octanol–water partition coefficient (Wildman–Crippen LogP) is 5.20. The Bertz CT molecular complexity index is 754. The van der Waals surface area contributed by atoms with Crippen molar-refractivity contribution in [3.05, 3.63) is 68.3 Å². The van der Waals surface area contributed by atoms with E-state index in [2.05, 4.69) is 22.0 Å². The van der Waals surface area contributed by atoms with Crippen LogP contribution in [0.3, 0.4) is 0 Å². The third-order valence-electron chi connectivity index (χ3n) is 3.09. The summed E-state index contributed by atoms with van der Waals surface area (Å²) in [7, 11) is 0. The van der Waals surface area contributed by atoms with E-state index in [0.717, 1.165) is 30.6 Å². The smallest absolute Gasteiger partial charge is 0.203 e. The van der Waals surface area contributed by atoms with Crippen LogP contribution >= 0.6 is 27.3 Å². The second kappa shape index (κ2) is 4.91. The van der Waals surface area contributed by atoms with E-state index in [4.69, 9.17) is 0 Å². The Hall–Kier alpha value is -1.45. The number of hydrogen-bond donors (Lipinski definition) is 0. The minimum Gasteiger partial charge on any atom is -0.288 e. The van der Waals surface area contributed by atoms with Crippen molar-refractivity contribution in [1.29, 1.82) is 0 Å². The van der Waals surface area contributed by atoms with Crippen LogP contribution in [-0.4, -0.2) is 5.78 Å². The lowest BCUT2D eigenvalue weighted by molar-refractivity contribution is 0.104. The maximum atomic E-state index is 12.4. The van der Waals surface area contributed by atoms with Crippen molar-refractivity contribution in [3.8, 4) is 0 Å². The van der Waals surface area contributed by atoms with Gasteiger partial charge in [-0.05, 0) is 45.8 Å². The van der Waals surface area contributed by atoms with Crippen molar-refractivity contribution in [2.45, 2.75) is 6.92 Å². The summed E-state index contributed by atoms with van der Waals surface area (Å²) in [6.45, 7) is 2.01. The standard InChI is InChI=1S/C16H11BrOS/c1-10-14(17)9-15(19-10)16(18)13-7-6-11-4-2-3-5-12(11)8-13/h2-9H,1H3. The van der Waals surface area contributed by atoms with Crippen molar-refractivity contribution in [1.82, 2.24) is 0 Å². The van der Waals surface area contributed by atoms with Gasteiger partial charge in [0.05, 0.1) is 4.88 Å². The van der Waals surface area contributed by atoms with Gasteiger partial charge in [-0.2, -0.15) is 0 Å². The summed E-state index contributed by atoms with van der Waals surface area (Å²) < 4.78 is 1.00.